The van der Waals surface area contributed by atoms with Crippen LogP contribution < -0.4 is 10.6 Å². The Labute approximate surface area is 204 Å². The summed E-state index contributed by atoms with van der Waals surface area (Å²) in [4.78, 5) is 6.86. The van der Waals surface area contributed by atoms with Crippen LogP contribution in [-0.4, -0.2) is 74.7 Å². The molecule has 0 saturated carbocycles. The summed E-state index contributed by atoms with van der Waals surface area (Å²) < 4.78 is 11.5. The molecule has 3 atom stereocenters. The molecule has 31 heavy (non-hydrogen) atoms. The van der Waals surface area contributed by atoms with E-state index in [-0.39, 0.29) is 48.2 Å². The number of aliphatic hydroxyl groups is 1. The molecule has 2 heterocycles. The van der Waals surface area contributed by atoms with Crippen molar-refractivity contribution in [3.05, 3.63) is 35.4 Å². The lowest BCUT2D eigenvalue weighted by molar-refractivity contribution is -0.0705. The third kappa shape index (κ3) is 7.85. The minimum absolute atomic E-state index is 0. The quantitative estimate of drug-likeness (QED) is 0.264. The first kappa shape index (κ1) is 26.3. The summed E-state index contributed by atoms with van der Waals surface area (Å²) in [7, 11) is 1.79. The highest BCUT2D eigenvalue weighted by Gasteiger charge is 2.34. The van der Waals surface area contributed by atoms with Crippen LogP contribution in [0.15, 0.2) is 29.3 Å². The molecule has 2 aliphatic rings. The van der Waals surface area contributed by atoms with Crippen molar-refractivity contribution in [1.29, 1.82) is 0 Å². The number of benzene rings is 1. The Morgan fingerprint density at radius 3 is 2.52 bits per heavy atom. The van der Waals surface area contributed by atoms with Gasteiger partial charge in [0.15, 0.2) is 5.96 Å². The molecule has 1 aromatic carbocycles. The number of hydrogen-bond acceptors (Lipinski definition) is 5. The highest BCUT2D eigenvalue weighted by molar-refractivity contribution is 14.0. The molecule has 176 valence electrons. The van der Waals surface area contributed by atoms with Crippen LogP contribution in [-0.2, 0) is 22.6 Å². The van der Waals surface area contributed by atoms with Gasteiger partial charge in [-0.2, -0.15) is 0 Å². The van der Waals surface area contributed by atoms with Crippen molar-refractivity contribution in [2.24, 2.45) is 10.4 Å². The molecule has 0 bridgehead atoms. The standard InChI is InChI=1S/C23H38N4O3.HI/c1-18-13-27(14-19(2)30-18)15-21-7-5-4-6-20(21)12-25-22(24-3)26-16-23(8-10-28)9-11-29-17-23;/h4-7,18-19,28H,8-17H2,1-3H3,(H2,24,25,26);1H. The van der Waals surface area contributed by atoms with Crippen molar-refractivity contribution in [2.75, 3.05) is 46.5 Å². The van der Waals surface area contributed by atoms with Crippen molar-refractivity contribution >= 4 is 29.9 Å². The van der Waals surface area contributed by atoms with Crippen molar-refractivity contribution in [3.8, 4) is 0 Å². The number of halogens is 1. The van der Waals surface area contributed by atoms with Crippen LogP contribution in [0.25, 0.3) is 0 Å². The lowest BCUT2D eigenvalue weighted by Gasteiger charge is -2.35. The topological polar surface area (TPSA) is 78.4 Å². The number of morpholine rings is 1. The Hall–Kier alpha value is -0.940. The predicted octanol–water partition coefficient (Wildman–Crippen LogP) is 2.37. The summed E-state index contributed by atoms with van der Waals surface area (Å²) in [5, 5.41) is 16.3. The Kier molecular flexibility index (Phi) is 11.0. The first-order valence-electron chi connectivity index (χ1n) is 11.1. The third-order valence-corrected chi connectivity index (χ3v) is 6.14. The molecular formula is C23H39IN4O3. The van der Waals surface area contributed by atoms with E-state index in [4.69, 9.17) is 9.47 Å². The van der Waals surface area contributed by atoms with Crippen molar-refractivity contribution in [3.63, 3.8) is 0 Å². The SMILES string of the molecule is CN=C(NCc1ccccc1CN1CC(C)OC(C)C1)NCC1(CCO)CCOC1.I. The number of hydrogen-bond donors (Lipinski definition) is 3. The maximum absolute atomic E-state index is 9.42. The van der Waals surface area contributed by atoms with E-state index < -0.39 is 0 Å². The minimum Gasteiger partial charge on any atom is -0.396 e. The summed E-state index contributed by atoms with van der Waals surface area (Å²) in [6, 6.07) is 8.59. The number of nitrogens with one attached hydrogen (secondary N) is 2. The zero-order chi connectivity index (χ0) is 21.4. The predicted molar refractivity (Wildman–Crippen MR) is 135 cm³/mol. The van der Waals surface area contributed by atoms with Gasteiger partial charge in [-0.25, -0.2) is 0 Å². The van der Waals surface area contributed by atoms with Gasteiger partial charge >= 0.3 is 0 Å². The van der Waals surface area contributed by atoms with E-state index in [9.17, 15) is 5.11 Å². The Balaban J connectivity index is 0.00000341. The molecule has 3 rings (SSSR count). The second-order valence-corrected chi connectivity index (χ2v) is 8.78. The van der Waals surface area contributed by atoms with Crippen LogP contribution in [0.4, 0.5) is 0 Å². The number of aliphatic imine (C=N–C) groups is 1. The summed E-state index contributed by atoms with van der Waals surface area (Å²) in [6.45, 7) is 10.2. The molecule has 3 unspecified atom stereocenters. The number of guanidine groups is 1. The van der Waals surface area contributed by atoms with E-state index in [0.29, 0.717) is 6.61 Å². The fourth-order valence-corrected chi connectivity index (χ4v) is 4.52. The van der Waals surface area contributed by atoms with Gasteiger partial charge in [0.05, 0.1) is 18.8 Å². The summed E-state index contributed by atoms with van der Waals surface area (Å²) in [6.07, 6.45) is 2.26. The second-order valence-electron chi connectivity index (χ2n) is 8.78. The molecule has 0 aliphatic carbocycles. The molecule has 2 saturated heterocycles. The van der Waals surface area contributed by atoms with Crippen LogP contribution in [0.5, 0.6) is 0 Å². The van der Waals surface area contributed by atoms with E-state index >= 15 is 0 Å². The summed E-state index contributed by atoms with van der Waals surface area (Å²) >= 11 is 0. The normalized spacial score (nSPS) is 27.0. The number of rotatable bonds is 8. The third-order valence-electron chi connectivity index (χ3n) is 6.14. The molecular weight excluding hydrogens is 507 g/mol. The lowest BCUT2D eigenvalue weighted by Crippen LogP contribution is -2.45. The average molecular weight is 546 g/mol. The van der Waals surface area contributed by atoms with Crippen LogP contribution in [0, 0.1) is 5.41 Å². The summed E-state index contributed by atoms with van der Waals surface area (Å²) in [5.74, 6) is 0.780. The van der Waals surface area contributed by atoms with Gasteiger partial charge in [0.1, 0.15) is 0 Å². The fraction of sp³-hybridized carbons (Fsp3) is 0.696. The largest absolute Gasteiger partial charge is 0.396 e. The molecule has 0 aromatic heterocycles. The van der Waals surface area contributed by atoms with Gasteiger partial charge in [-0.15, -0.1) is 24.0 Å². The minimum atomic E-state index is -0.00596. The van der Waals surface area contributed by atoms with Gasteiger partial charge < -0.3 is 25.2 Å². The Morgan fingerprint density at radius 2 is 1.90 bits per heavy atom. The smallest absolute Gasteiger partial charge is 0.191 e. The van der Waals surface area contributed by atoms with Crippen molar-refractivity contribution in [2.45, 2.75) is 52.0 Å². The maximum Gasteiger partial charge on any atom is 0.191 e. The van der Waals surface area contributed by atoms with Crippen LogP contribution in [0.3, 0.4) is 0 Å². The molecule has 0 spiro atoms. The molecule has 2 aliphatic heterocycles. The molecule has 1 aromatic rings. The highest BCUT2D eigenvalue weighted by atomic mass is 127. The zero-order valence-corrected chi connectivity index (χ0v) is 21.4. The molecule has 7 nitrogen and oxygen atoms in total. The van der Waals surface area contributed by atoms with Crippen molar-refractivity contribution < 1.29 is 14.6 Å². The molecule has 0 amide bonds. The second kappa shape index (κ2) is 12.9. The van der Waals surface area contributed by atoms with Crippen LogP contribution in [0.1, 0.15) is 37.8 Å². The van der Waals surface area contributed by atoms with Crippen LogP contribution >= 0.6 is 24.0 Å². The van der Waals surface area contributed by atoms with Gasteiger partial charge in [-0.1, -0.05) is 24.3 Å². The zero-order valence-electron chi connectivity index (χ0n) is 19.1. The van der Waals surface area contributed by atoms with Crippen molar-refractivity contribution in [1.82, 2.24) is 15.5 Å². The van der Waals surface area contributed by atoms with E-state index in [1.807, 2.05) is 0 Å². The molecule has 3 N–H and O–H groups in total. The van der Waals surface area contributed by atoms with Crippen LogP contribution in [0.2, 0.25) is 0 Å². The van der Waals surface area contributed by atoms with Gasteiger partial charge in [-0.3, -0.25) is 9.89 Å². The van der Waals surface area contributed by atoms with E-state index in [0.717, 1.165) is 58.1 Å². The fourth-order valence-electron chi connectivity index (χ4n) is 4.52. The maximum atomic E-state index is 9.42. The number of nitrogens with zero attached hydrogens (tertiary/aromatic N) is 2. The van der Waals surface area contributed by atoms with Gasteiger partial charge in [0.25, 0.3) is 0 Å². The highest BCUT2D eigenvalue weighted by Crippen LogP contribution is 2.31. The summed E-state index contributed by atoms with van der Waals surface area (Å²) in [5.41, 5.74) is 2.61. The van der Waals surface area contributed by atoms with Gasteiger partial charge in [-0.05, 0) is 37.8 Å². The monoisotopic (exact) mass is 546 g/mol. The molecule has 2 fully saturated rings. The number of ether oxygens (including phenoxy) is 2. The molecule has 8 heteroatoms. The lowest BCUT2D eigenvalue weighted by atomic mass is 9.84. The first-order chi connectivity index (χ1) is 14.5. The average Bonchev–Trinajstić information content (AvgIpc) is 3.17. The van der Waals surface area contributed by atoms with E-state index in [1.165, 1.54) is 11.1 Å². The van der Waals surface area contributed by atoms with Gasteiger partial charge in [0.2, 0.25) is 0 Å². The van der Waals surface area contributed by atoms with E-state index in [1.54, 1.807) is 7.05 Å². The Morgan fingerprint density at radius 1 is 1.19 bits per heavy atom. The van der Waals surface area contributed by atoms with Gasteiger partial charge in [0, 0.05) is 58.4 Å². The first-order valence-corrected chi connectivity index (χ1v) is 11.1. The molecule has 0 radical (unpaired) electrons. The Bertz CT molecular complexity index is 687. The number of aliphatic hydroxyl groups excluding tert-OH is 1. The van der Waals surface area contributed by atoms with E-state index in [2.05, 4.69) is 58.6 Å².